The Hall–Kier alpha value is -0.510. The molecule has 7 heavy (non-hydrogen) atoms. The second kappa shape index (κ2) is 1.97. The van der Waals surface area contributed by atoms with E-state index in [9.17, 15) is 0 Å². The first-order chi connectivity index (χ1) is 3.43. The molecule has 0 saturated heterocycles. The Labute approximate surface area is 45.1 Å². The summed E-state index contributed by atoms with van der Waals surface area (Å²) >= 11 is 1.51. The normalized spacial score (nSPS) is 9.29. The van der Waals surface area contributed by atoms with Gasteiger partial charge >= 0.3 is 0 Å². The van der Waals surface area contributed by atoms with E-state index in [0.29, 0.717) is 0 Å². The second-order valence-corrected chi connectivity index (χ2v) is 1.78. The van der Waals surface area contributed by atoms with Gasteiger partial charge < -0.3 is 0 Å². The van der Waals surface area contributed by atoms with Crippen molar-refractivity contribution >= 4 is 11.8 Å². The summed E-state index contributed by atoms with van der Waals surface area (Å²) in [5, 5.41) is 7.72. The number of aromatic nitrogens is 2. The van der Waals surface area contributed by atoms with E-state index in [0.717, 1.165) is 5.03 Å². The van der Waals surface area contributed by atoms with E-state index in [1.165, 1.54) is 11.8 Å². The zero-order valence-corrected chi connectivity index (χ0v) is 4.60. The van der Waals surface area contributed by atoms with Gasteiger partial charge in [0.15, 0.2) is 5.03 Å². The molecule has 0 spiro atoms. The van der Waals surface area contributed by atoms with Gasteiger partial charge in [0.25, 0.3) is 0 Å². The number of hydrogen-bond donors (Lipinski definition) is 0. The van der Waals surface area contributed by atoms with Crippen LogP contribution in [0.5, 0.6) is 0 Å². The predicted molar refractivity (Wildman–Crippen MR) is 26.1 cm³/mol. The molecule has 0 aromatic carbocycles. The number of hydrogen-bond acceptors (Lipinski definition) is 4. The maximum Gasteiger partial charge on any atom is 0.160 e. The number of thioether (sulfide) groups is 1. The van der Waals surface area contributed by atoms with Gasteiger partial charge in [0, 0.05) is 0 Å². The van der Waals surface area contributed by atoms with Crippen molar-refractivity contribution in [1.29, 1.82) is 0 Å². The van der Waals surface area contributed by atoms with Crippen LogP contribution in [0.3, 0.4) is 0 Å². The molecular formula is C3H4N2OS. The van der Waals surface area contributed by atoms with Crippen LogP contribution in [0.1, 0.15) is 0 Å². The highest BCUT2D eigenvalue weighted by atomic mass is 32.2. The lowest BCUT2D eigenvalue weighted by molar-refractivity contribution is 0.298. The lowest BCUT2D eigenvalue weighted by Crippen LogP contribution is -1.60. The fourth-order valence-electron chi connectivity index (χ4n) is 0.246. The highest BCUT2D eigenvalue weighted by molar-refractivity contribution is 7.98. The van der Waals surface area contributed by atoms with Crippen molar-refractivity contribution in [1.82, 2.24) is 10.3 Å². The van der Waals surface area contributed by atoms with E-state index in [-0.39, 0.29) is 0 Å². The van der Waals surface area contributed by atoms with Gasteiger partial charge in [-0.15, -0.1) is 11.8 Å². The van der Waals surface area contributed by atoms with Crippen LogP contribution in [-0.4, -0.2) is 16.6 Å². The van der Waals surface area contributed by atoms with E-state index in [1.54, 1.807) is 6.20 Å². The molecule has 0 aliphatic carbocycles. The minimum Gasteiger partial charge on any atom is -0.243 e. The third-order valence-electron chi connectivity index (χ3n) is 0.550. The Balaban J connectivity index is 2.76. The molecular weight excluding hydrogens is 112 g/mol. The van der Waals surface area contributed by atoms with Crippen LogP contribution in [0.2, 0.25) is 0 Å². The highest BCUT2D eigenvalue weighted by Crippen LogP contribution is 2.06. The minimum atomic E-state index is 0.819. The smallest absolute Gasteiger partial charge is 0.160 e. The predicted octanol–water partition coefficient (Wildman–Crippen LogP) is 0.791. The van der Waals surface area contributed by atoms with E-state index in [4.69, 9.17) is 0 Å². The minimum absolute atomic E-state index is 0.819. The maximum absolute atomic E-state index is 4.28. The lowest BCUT2D eigenvalue weighted by Gasteiger charge is -1.72. The maximum atomic E-state index is 4.28. The van der Waals surface area contributed by atoms with Crippen molar-refractivity contribution in [3.05, 3.63) is 6.20 Å². The Morgan fingerprint density at radius 1 is 1.86 bits per heavy atom. The SMILES string of the molecule is CSc1cnon1. The first-order valence-corrected chi connectivity index (χ1v) is 2.97. The van der Waals surface area contributed by atoms with Crippen LogP contribution >= 0.6 is 11.8 Å². The van der Waals surface area contributed by atoms with Gasteiger partial charge in [0.05, 0.1) is 0 Å². The van der Waals surface area contributed by atoms with Crippen molar-refractivity contribution < 1.29 is 4.63 Å². The van der Waals surface area contributed by atoms with Crippen LogP contribution < -0.4 is 0 Å². The molecule has 0 bridgehead atoms. The van der Waals surface area contributed by atoms with Crippen LogP contribution in [0.15, 0.2) is 15.9 Å². The standard InChI is InChI=1S/C3H4N2OS/c1-7-3-2-4-6-5-3/h2H,1H3. The topological polar surface area (TPSA) is 38.9 Å². The van der Waals surface area contributed by atoms with E-state index >= 15 is 0 Å². The van der Waals surface area contributed by atoms with E-state index in [1.807, 2.05) is 6.26 Å². The third kappa shape index (κ3) is 0.928. The fraction of sp³-hybridized carbons (Fsp3) is 0.333. The largest absolute Gasteiger partial charge is 0.243 e. The molecule has 1 aromatic rings. The first-order valence-electron chi connectivity index (χ1n) is 1.75. The van der Waals surface area contributed by atoms with Crippen molar-refractivity contribution in [2.45, 2.75) is 5.03 Å². The van der Waals surface area contributed by atoms with E-state index in [2.05, 4.69) is 14.9 Å². The second-order valence-electron chi connectivity index (χ2n) is 0.950. The Morgan fingerprint density at radius 2 is 2.71 bits per heavy atom. The molecule has 0 aliphatic rings. The van der Waals surface area contributed by atoms with Gasteiger partial charge in [-0.25, -0.2) is 4.63 Å². The summed E-state index contributed by atoms with van der Waals surface area (Å²) in [5.41, 5.74) is 0. The molecule has 0 fully saturated rings. The summed E-state index contributed by atoms with van der Waals surface area (Å²) in [6, 6.07) is 0. The third-order valence-corrected chi connectivity index (χ3v) is 1.15. The van der Waals surface area contributed by atoms with Crippen molar-refractivity contribution in [3.8, 4) is 0 Å². The van der Waals surface area contributed by atoms with Crippen LogP contribution in [0, 0.1) is 0 Å². The molecule has 1 aromatic heterocycles. The zero-order valence-electron chi connectivity index (χ0n) is 3.79. The molecule has 0 saturated carbocycles. The Bertz CT molecular complexity index is 127. The van der Waals surface area contributed by atoms with Gasteiger partial charge in [-0.1, -0.05) is 5.16 Å². The molecule has 38 valence electrons. The molecule has 0 unspecified atom stereocenters. The average molecular weight is 116 g/mol. The Morgan fingerprint density at radius 3 is 3.00 bits per heavy atom. The Kier molecular flexibility index (Phi) is 1.31. The van der Waals surface area contributed by atoms with Crippen LogP contribution in [0.4, 0.5) is 0 Å². The molecule has 4 heteroatoms. The van der Waals surface area contributed by atoms with Gasteiger partial charge in [-0.05, 0) is 11.4 Å². The number of nitrogens with zero attached hydrogens (tertiary/aromatic N) is 2. The summed E-state index contributed by atoms with van der Waals surface area (Å²) in [6.45, 7) is 0. The summed E-state index contributed by atoms with van der Waals surface area (Å²) in [7, 11) is 0. The van der Waals surface area contributed by atoms with Gasteiger partial charge in [-0.3, -0.25) is 0 Å². The van der Waals surface area contributed by atoms with Gasteiger partial charge in [0.1, 0.15) is 6.20 Å². The van der Waals surface area contributed by atoms with Gasteiger partial charge in [0.2, 0.25) is 0 Å². The quantitative estimate of drug-likeness (QED) is 0.508. The highest BCUT2D eigenvalue weighted by Gasteiger charge is 1.88. The molecule has 0 aliphatic heterocycles. The van der Waals surface area contributed by atoms with Crippen LogP contribution in [-0.2, 0) is 0 Å². The number of rotatable bonds is 1. The van der Waals surface area contributed by atoms with Crippen LogP contribution in [0.25, 0.3) is 0 Å². The monoisotopic (exact) mass is 116 g/mol. The van der Waals surface area contributed by atoms with Crippen molar-refractivity contribution in [2.75, 3.05) is 6.26 Å². The first kappa shape index (κ1) is 4.64. The molecule has 1 heterocycles. The summed E-state index contributed by atoms with van der Waals surface area (Å²) in [5.74, 6) is 0. The molecule has 3 nitrogen and oxygen atoms in total. The zero-order chi connectivity index (χ0) is 5.11. The van der Waals surface area contributed by atoms with Crippen molar-refractivity contribution in [2.24, 2.45) is 0 Å². The molecule has 0 atom stereocenters. The van der Waals surface area contributed by atoms with Crippen molar-refractivity contribution in [3.63, 3.8) is 0 Å². The lowest BCUT2D eigenvalue weighted by atomic mass is 11.0. The molecule has 0 N–H and O–H groups in total. The van der Waals surface area contributed by atoms with E-state index < -0.39 is 0 Å². The molecule has 0 radical (unpaired) electrons. The van der Waals surface area contributed by atoms with Gasteiger partial charge in [-0.2, -0.15) is 0 Å². The summed E-state index contributed by atoms with van der Waals surface area (Å²) in [6.07, 6.45) is 3.49. The summed E-state index contributed by atoms with van der Waals surface area (Å²) in [4.78, 5) is 0. The molecule has 0 amide bonds. The molecule has 1 rings (SSSR count). The summed E-state index contributed by atoms with van der Waals surface area (Å²) < 4.78 is 4.28. The fourth-order valence-corrected chi connectivity index (χ4v) is 0.502. The average Bonchev–Trinajstić information content (AvgIpc) is 2.14.